The standard InChI is InChI=1S/C14H19BrClNO2/c1-9(8-15)10-5-6-11(16)12(7-10)17-13(18)19-14(2,3)4/h5-7,9H,8H2,1-4H3,(H,17,18). The third-order valence-electron chi connectivity index (χ3n) is 2.43. The highest BCUT2D eigenvalue weighted by atomic mass is 79.9. The van der Waals surface area contributed by atoms with Crippen molar-refractivity contribution in [3.8, 4) is 0 Å². The quantitative estimate of drug-likeness (QED) is 0.764. The average Bonchev–Trinajstić information content (AvgIpc) is 2.28. The van der Waals surface area contributed by atoms with Gasteiger partial charge in [0.2, 0.25) is 0 Å². The number of benzene rings is 1. The number of rotatable bonds is 3. The molecule has 5 heteroatoms. The van der Waals surface area contributed by atoms with Gasteiger partial charge in [-0.2, -0.15) is 0 Å². The fourth-order valence-electron chi connectivity index (χ4n) is 1.45. The Labute approximate surface area is 127 Å². The number of halogens is 2. The van der Waals surface area contributed by atoms with Crippen LogP contribution in [0.1, 0.15) is 39.2 Å². The lowest BCUT2D eigenvalue weighted by molar-refractivity contribution is 0.0636. The zero-order valence-corrected chi connectivity index (χ0v) is 13.9. The Morgan fingerprint density at radius 3 is 2.63 bits per heavy atom. The van der Waals surface area contributed by atoms with E-state index >= 15 is 0 Å². The van der Waals surface area contributed by atoms with E-state index in [1.54, 1.807) is 6.07 Å². The van der Waals surface area contributed by atoms with Crippen LogP contribution in [-0.4, -0.2) is 17.0 Å². The predicted octanol–water partition coefficient (Wildman–Crippen LogP) is 5.19. The second-order valence-electron chi connectivity index (χ2n) is 5.42. The Balaban J connectivity index is 2.85. The molecule has 0 aliphatic heterocycles. The number of hydrogen-bond donors (Lipinski definition) is 1. The maximum atomic E-state index is 11.7. The molecule has 0 aliphatic rings. The van der Waals surface area contributed by atoms with E-state index in [0.29, 0.717) is 16.6 Å². The fourth-order valence-corrected chi connectivity index (χ4v) is 1.99. The highest BCUT2D eigenvalue weighted by Crippen LogP contribution is 2.28. The SMILES string of the molecule is CC(CBr)c1ccc(Cl)c(NC(=O)OC(C)(C)C)c1. The van der Waals surface area contributed by atoms with Crippen LogP contribution < -0.4 is 5.32 Å². The monoisotopic (exact) mass is 347 g/mol. The summed E-state index contributed by atoms with van der Waals surface area (Å²) < 4.78 is 5.21. The molecular formula is C14H19BrClNO2. The van der Waals surface area contributed by atoms with E-state index in [-0.39, 0.29) is 0 Å². The van der Waals surface area contributed by atoms with Crippen molar-refractivity contribution in [3.63, 3.8) is 0 Å². The summed E-state index contributed by atoms with van der Waals surface area (Å²) in [6, 6.07) is 5.61. The Hall–Kier alpha value is -0.740. The smallest absolute Gasteiger partial charge is 0.412 e. The molecule has 3 nitrogen and oxygen atoms in total. The van der Waals surface area contributed by atoms with E-state index in [4.69, 9.17) is 16.3 Å². The van der Waals surface area contributed by atoms with Crippen molar-refractivity contribution in [1.29, 1.82) is 0 Å². The molecule has 19 heavy (non-hydrogen) atoms. The molecule has 0 spiro atoms. The van der Waals surface area contributed by atoms with Gasteiger partial charge in [-0.3, -0.25) is 5.32 Å². The van der Waals surface area contributed by atoms with Crippen molar-refractivity contribution < 1.29 is 9.53 Å². The Kier molecular flexibility index (Phi) is 5.68. The van der Waals surface area contributed by atoms with Crippen molar-refractivity contribution >= 4 is 39.3 Å². The second-order valence-corrected chi connectivity index (χ2v) is 6.48. The molecule has 0 saturated heterocycles. The van der Waals surface area contributed by atoms with Gasteiger partial charge < -0.3 is 4.74 Å². The second kappa shape index (κ2) is 6.62. The van der Waals surface area contributed by atoms with E-state index < -0.39 is 11.7 Å². The molecule has 0 aromatic heterocycles. The summed E-state index contributed by atoms with van der Waals surface area (Å²) in [5.41, 5.74) is 1.14. The minimum Gasteiger partial charge on any atom is -0.444 e. The van der Waals surface area contributed by atoms with Crippen LogP contribution in [0.3, 0.4) is 0 Å². The van der Waals surface area contributed by atoms with Crippen molar-refractivity contribution in [2.24, 2.45) is 0 Å². The summed E-state index contributed by atoms with van der Waals surface area (Å²) >= 11 is 9.52. The van der Waals surface area contributed by atoms with Crippen LogP contribution in [0.2, 0.25) is 5.02 Å². The summed E-state index contributed by atoms with van der Waals surface area (Å²) in [7, 11) is 0. The highest BCUT2D eigenvalue weighted by molar-refractivity contribution is 9.09. The summed E-state index contributed by atoms with van der Waals surface area (Å²) in [5, 5.41) is 4.02. The maximum Gasteiger partial charge on any atom is 0.412 e. The number of hydrogen-bond acceptors (Lipinski definition) is 2. The molecule has 1 aromatic rings. The number of anilines is 1. The molecule has 0 aliphatic carbocycles. The number of ether oxygens (including phenoxy) is 1. The summed E-state index contributed by atoms with van der Waals surface area (Å²) in [6.07, 6.45) is -0.502. The lowest BCUT2D eigenvalue weighted by Gasteiger charge is -2.20. The van der Waals surface area contributed by atoms with Crippen molar-refractivity contribution in [2.75, 3.05) is 10.6 Å². The fraction of sp³-hybridized carbons (Fsp3) is 0.500. The van der Waals surface area contributed by atoms with Gasteiger partial charge in [-0.05, 0) is 44.4 Å². The van der Waals surface area contributed by atoms with Gasteiger partial charge in [-0.25, -0.2) is 4.79 Å². The topological polar surface area (TPSA) is 38.3 Å². The van der Waals surface area contributed by atoms with Crippen LogP contribution in [0.5, 0.6) is 0 Å². The van der Waals surface area contributed by atoms with E-state index in [9.17, 15) is 4.79 Å². The van der Waals surface area contributed by atoms with Gasteiger partial charge in [0.1, 0.15) is 5.60 Å². The lowest BCUT2D eigenvalue weighted by atomic mass is 10.0. The van der Waals surface area contributed by atoms with Gasteiger partial charge in [0.05, 0.1) is 10.7 Å². The molecule has 0 bridgehead atoms. The number of amides is 1. The minimum atomic E-state index is -0.530. The molecule has 1 amide bonds. The summed E-state index contributed by atoms with van der Waals surface area (Å²) in [4.78, 5) is 11.7. The molecule has 106 valence electrons. The van der Waals surface area contributed by atoms with Gasteiger partial charge in [-0.15, -0.1) is 0 Å². The molecule has 0 saturated carbocycles. The normalized spacial score (nSPS) is 12.9. The number of alkyl halides is 1. The molecule has 0 radical (unpaired) electrons. The average molecular weight is 349 g/mol. The Morgan fingerprint density at radius 1 is 1.47 bits per heavy atom. The van der Waals surface area contributed by atoms with Gasteiger partial charge in [-0.1, -0.05) is 40.5 Å². The molecular weight excluding hydrogens is 330 g/mol. The Bertz CT molecular complexity index is 457. The molecule has 1 atom stereocenters. The first-order valence-electron chi connectivity index (χ1n) is 6.08. The largest absolute Gasteiger partial charge is 0.444 e. The molecule has 1 aromatic carbocycles. The minimum absolute atomic E-state index is 0.344. The first-order chi connectivity index (χ1) is 8.73. The van der Waals surface area contributed by atoms with Crippen LogP contribution in [-0.2, 0) is 4.74 Å². The van der Waals surface area contributed by atoms with E-state index in [1.165, 1.54) is 0 Å². The van der Waals surface area contributed by atoms with Crippen molar-refractivity contribution in [1.82, 2.24) is 0 Å². The van der Waals surface area contributed by atoms with Gasteiger partial charge in [0, 0.05) is 5.33 Å². The molecule has 0 heterocycles. The molecule has 1 N–H and O–H groups in total. The van der Waals surface area contributed by atoms with Crippen LogP contribution >= 0.6 is 27.5 Å². The van der Waals surface area contributed by atoms with Crippen LogP contribution in [0, 0.1) is 0 Å². The predicted molar refractivity (Wildman–Crippen MR) is 83.5 cm³/mol. The summed E-state index contributed by atoms with van der Waals surface area (Å²) in [5.74, 6) is 0.344. The first-order valence-corrected chi connectivity index (χ1v) is 7.58. The maximum absolute atomic E-state index is 11.7. The number of carbonyl (C=O) groups excluding carboxylic acids is 1. The van der Waals surface area contributed by atoms with Gasteiger partial charge >= 0.3 is 6.09 Å². The zero-order valence-electron chi connectivity index (χ0n) is 11.6. The van der Waals surface area contributed by atoms with E-state index in [1.807, 2.05) is 32.9 Å². The van der Waals surface area contributed by atoms with Crippen LogP contribution in [0.4, 0.5) is 10.5 Å². The first kappa shape index (κ1) is 16.3. The van der Waals surface area contributed by atoms with Gasteiger partial charge in [0.15, 0.2) is 0 Å². The number of nitrogens with one attached hydrogen (secondary N) is 1. The van der Waals surface area contributed by atoms with E-state index in [2.05, 4.69) is 28.2 Å². The van der Waals surface area contributed by atoms with Crippen molar-refractivity contribution in [2.45, 2.75) is 39.2 Å². The van der Waals surface area contributed by atoms with E-state index in [0.717, 1.165) is 10.9 Å². The third-order valence-corrected chi connectivity index (χ3v) is 3.73. The van der Waals surface area contributed by atoms with Crippen LogP contribution in [0.25, 0.3) is 0 Å². The van der Waals surface area contributed by atoms with Crippen LogP contribution in [0.15, 0.2) is 18.2 Å². The Morgan fingerprint density at radius 2 is 2.11 bits per heavy atom. The highest BCUT2D eigenvalue weighted by Gasteiger charge is 2.17. The summed E-state index contributed by atoms with van der Waals surface area (Å²) in [6.45, 7) is 7.54. The third kappa shape index (κ3) is 5.41. The van der Waals surface area contributed by atoms with Gasteiger partial charge in [0.25, 0.3) is 0 Å². The van der Waals surface area contributed by atoms with Crippen molar-refractivity contribution in [3.05, 3.63) is 28.8 Å². The molecule has 1 unspecified atom stereocenters. The zero-order chi connectivity index (χ0) is 14.6. The molecule has 0 fully saturated rings. The lowest BCUT2D eigenvalue weighted by Crippen LogP contribution is -2.27. The number of carbonyl (C=O) groups is 1. The molecule has 1 rings (SSSR count).